The van der Waals surface area contributed by atoms with Crippen LogP contribution >= 0.6 is 0 Å². The summed E-state index contributed by atoms with van der Waals surface area (Å²) in [6, 6.07) is 22.3. The summed E-state index contributed by atoms with van der Waals surface area (Å²) in [5.74, 6) is 6.92. The van der Waals surface area contributed by atoms with Gasteiger partial charge in [0.25, 0.3) is 0 Å². The van der Waals surface area contributed by atoms with E-state index in [2.05, 4.69) is 61.8 Å². The molecule has 1 saturated heterocycles. The molecule has 2 aromatic heterocycles. The van der Waals surface area contributed by atoms with Gasteiger partial charge in [-0.15, -0.1) is 0 Å². The fourth-order valence-corrected chi connectivity index (χ4v) is 4.60. The van der Waals surface area contributed by atoms with Gasteiger partial charge in [0.15, 0.2) is 0 Å². The van der Waals surface area contributed by atoms with Crippen LogP contribution in [0.25, 0.3) is 21.8 Å². The second kappa shape index (κ2) is 9.42. The fourth-order valence-electron chi connectivity index (χ4n) is 4.60. The number of benzene rings is 3. The van der Waals surface area contributed by atoms with Gasteiger partial charge in [-0.25, -0.2) is 9.97 Å². The minimum Gasteiger partial charge on any atom is -0.376 e. The Bertz CT molecular complexity index is 1590. The number of nitrogens with zero attached hydrogens (tertiary/aromatic N) is 4. The Kier molecular flexibility index (Phi) is 5.82. The van der Waals surface area contributed by atoms with Gasteiger partial charge in [0, 0.05) is 28.6 Å². The highest BCUT2D eigenvalue weighted by molar-refractivity contribution is 5.92. The Morgan fingerprint density at radius 1 is 1.06 bits per heavy atom. The van der Waals surface area contributed by atoms with Gasteiger partial charge in [0.05, 0.1) is 23.8 Å². The molecule has 178 valence electrons. The van der Waals surface area contributed by atoms with Crippen LogP contribution in [0.5, 0.6) is 0 Å². The molecule has 1 atom stereocenters. The number of nitrogens with one attached hydrogen (secondary N) is 2. The number of fused-ring (bicyclic) bond motifs is 2. The van der Waals surface area contributed by atoms with E-state index in [4.69, 9.17) is 0 Å². The molecule has 1 aliphatic heterocycles. The predicted octanol–water partition coefficient (Wildman–Crippen LogP) is 4.24. The van der Waals surface area contributed by atoms with Gasteiger partial charge >= 0.3 is 0 Å². The third kappa shape index (κ3) is 4.65. The Labute approximate surface area is 209 Å². The maximum atomic E-state index is 10.7. The molecule has 0 amide bonds. The standard InChI is InChI=1S/C29H26N6O/c36-29(12-4-14-30-19-29)13-11-21-7-9-26-25(15-21)28(32-20-31-26)34-24-8-10-27-23(16-24)17-33-35(27)18-22-5-2-1-3-6-22/h1-3,5-10,15-17,20,30,36H,4,12,14,18-19H2,(H,31,32,34). The molecule has 3 aromatic carbocycles. The fraction of sp³-hybridized carbons (Fsp3) is 0.207. The van der Waals surface area contributed by atoms with Crippen molar-refractivity contribution in [3.8, 4) is 11.8 Å². The third-order valence-corrected chi connectivity index (χ3v) is 6.52. The number of aromatic nitrogens is 4. The predicted molar refractivity (Wildman–Crippen MR) is 142 cm³/mol. The Balaban J connectivity index is 1.27. The first-order chi connectivity index (χ1) is 17.7. The smallest absolute Gasteiger partial charge is 0.141 e. The van der Waals surface area contributed by atoms with Crippen LogP contribution in [0.3, 0.4) is 0 Å². The highest BCUT2D eigenvalue weighted by atomic mass is 16.3. The maximum absolute atomic E-state index is 10.7. The number of aliphatic hydroxyl groups is 1. The van der Waals surface area contributed by atoms with Crippen molar-refractivity contribution in [2.45, 2.75) is 25.0 Å². The van der Waals surface area contributed by atoms with Gasteiger partial charge in [-0.1, -0.05) is 42.2 Å². The lowest BCUT2D eigenvalue weighted by molar-refractivity contribution is 0.0736. The van der Waals surface area contributed by atoms with E-state index in [1.54, 1.807) is 6.33 Å². The van der Waals surface area contributed by atoms with Gasteiger partial charge in [0.1, 0.15) is 17.7 Å². The van der Waals surface area contributed by atoms with E-state index < -0.39 is 5.60 Å². The lowest BCUT2D eigenvalue weighted by Gasteiger charge is -2.27. The van der Waals surface area contributed by atoms with Crippen LogP contribution in [0.4, 0.5) is 11.5 Å². The van der Waals surface area contributed by atoms with Crippen molar-refractivity contribution in [1.82, 2.24) is 25.1 Å². The van der Waals surface area contributed by atoms with Crippen LogP contribution in [0.15, 0.2) is 79.3 Å². The van der Waals surface area contributed by atoms with Crippen LogP contribution in [-0.2, 0) is 6.54 Å². The Hall–Kier alpha value is -4.25. The molecule has 3 heterocycles. The summed E-state index contributed by atoms with van der Waals surface area (Å²) in [4.78, 5) is 8.91. The van der Waals surface area contributed by atoms with Crippen molar-refractivity contribution in [2.24, 2.45) is 0 Å². The molecular weight excluding hydrogens is 448 g/mol. The highest BCUT2D eigenvalue weighted by Crippen LogP contribution is 2.27. The Morgan fingerprint density at radius 3 is 2.83 bits per heavy atom. The minimum absolute atomic E-state index is 0.494. The molecule has 0 spiro atoms. The van der Waals surface area contributed by atoms with E-state index in [9.17, 15) is 5.11 Å². The molecule has 0 saturated carbocycles. The monoisotopic (exact) mass is 474 g/mol. The van der Waals surface area contributed by atoms with Gasteiger partial charge in [-0.3, -0.25) is 4.68 Å². The summed E-state index contributed by atoms with van der Waals surface area (Å²) in [6.45, 7) is 2.14. The molecule has 7 nitrogen and oxygen atoms in total. The number of hydrogen-bond acceptors (Lipinski definition) is 6. The van der Waals surface area contributed by atoms with Crippen molar-refractivity contribution in [3.63, 3.8) is 0 Å². The van der Waals surface area contributed by atoms with Crippen LogP contribution in [0.1, 0.15) is 24.0 Å². The first-order valence-electron chi connectivity index (χ1n) is 12.1. The minimum atomic E-state index is -0.984. The number of β-amino-alcohol motifs (C(OH)–C–C–N with tert-alkyl or cyclic N) is 1. The van der Waals surface area contributed by atoms with Crippen molar-refractivity contribution >= 4 is 33.3 Å². The lowest BCUT2D eigenvalue weighted by Crippen LogP contribution is -2.44. The normalized spacial score (nSPS) is 17.6. The molecule has 0 bridgehead atoms. The first-order valence-corrected chi connectivity index (χ1v) is 12.1. The molecule has 1 aliphatic rings. The third-order valence-electron chi connectivity index (χ3n) is 6.52. The summed E-state index contributed by atoms with van der Waals surface area (Å²) < 4.78 is 2.01. The summed E-state index contributed by atoms with van der Waals surface area (Å²) in [5, 5.41) is 23.9. The maximum Gasteiger partial charge on any atom is 0.141 e. The number of hydrogen-bond donors (Lipinski definition) is 3. The molecule has 1 fully saturated rings. The number of rotatable bonds is 4. The lowest BCUT2D eigenvalue weighted by atomic mass is 9.94. The van der Waals surface area contributed by atoms with Gasteiger partial charge in [-0.2, -0.15) is 5.10 Å². The second-order valence-electron chi connectivity index (χ2n) is 9.20. The topological polar surface area (TPSA) is 87.9 Å². The average molecular weight is 475 g/mol. The van der Waals surface area contributed by atoms with Crippen LogP contribution in [0.2, 0.25) is 0 Å². The molecule has 7 heteroatoms. The van der Waals surface area contributed by atoms with E-state index >= 15 is 0 Å². The highest BCUT2D eigenvalue weighted by Gasteiger charge is 2.26. The molecule has 0 aliphatic carbocycles. The zero-order valence-corrected chi connectivity index (χ0v) is 19.8. The molecule has 0 radical (unpaired) electrons. The van der Waals surface area contributed by atoms with E-state index in [0.29, 0.717) is 18.8 Å². The molecular formula is C29H26N6O. The van der Waals surface area contributed by atoms with E-state index in [1.807, 2.05) is 53.3 Å². The summed E-state index contributed by atoms with van der Waals surface area (Å²) >= 11 is 0. The summed E-state index contributed by atoms with van der Waals surface area (Å²) in [5.41, 5.74) is 3.86. The van der Waals surface area contributed by atoms with E-state index in [-0.39, 0.29) is 0 Å². The quantitative estimate of drug-likeness (QED) is 0.338. The molecule has 3 N–H and O–H groups in total. The molecule has 36 heavy (non-hydrogen) atoms. The SMILES string of the molecule is OC1(C#Cc2ccc3ncnc(Nc4ccc5c(cnn5Cc5ccccc5)c4)c3c2)CCCNC1. The van der Waals surface area contributed by atoms with Gasteiger partial charge < -0.3 is 15.7 Å². The summed E-state index contributed by atoms with van der Waals surface area (Å²) in [6.07, 6.45) is 5.05. The van der Waals surface area contributed by atoms with Crippen LogP contribution in [0, 0.1) is 11.8 Å². The van der Waals surface area contributed by atoms with E-state index in [0.717, 1.165) is 52.6 Å². The zero-order chi connectivity index (χ0) is 24.4. The van der Waals surface area contributed by atoms with Gasteiger partial charge in [-0.05, 0) is 61.3 Å². The van der Waals surface area contributed by atoms with Crippen LogP contribution in [-0.4, -0.2) is 43.5 Å². The average Bonchev–Trinajstić information content (AvgIpc) is 3.30. The number of anilines is 2. The van der Waals surface area contributed by atoms with Crippen molar-refractivity contribution < 1.29 is 5.11 Å². The second-order valence-corrected chi connectivity index (χ2v) is 9.20. The molecule has 5 aromatic rings. The number of piperidine rings is 1. The van der Waals surface area contributed by atoms with Gasteiger partial charge in [0.2, 0.25) is 0 Å². The molecule has 1 unspecified atom stereocenters. The Morgan fingerprint density at radius 2 is 1.97 bits per heavy atom. The van der Waals surface area contributed by atoms with Crippen LogP contribution < -0.4 is 10.6 Å². The zero-order valence-electron chi connectivity index (χ0n) is 19.8. The van der Waals surface area contributed by atoms with Crippen molar-refractivity contribution in [2.75, 3.05) is 18.4 Å². The molecule has 6 rings (SSSR count). The first kappa shape index (κ1) is 22.2. The van der Waals surface area contributed by atoms with E-state index in [1.165, 1.54) is 5.56 Å². The largest absolute Gasteiger partial charge is 0.376 e. The summed E-state index contributed by atoms with van der Waals surface area (Å²) in [7, 11) is 0. The van der Waals surface area contributed by atoms with Crippen molar-refractivity contribution in [1.29, 1.82) is 0 Å². The van der Waals surface area contributed by atoms with Crippen molar-refractivity contribution in [3.05, 3.63) is 90.4 Å².